The topological polar surface area (TPSA) is 67.2 Å². The standard InChI is InChI=1S/C16H25N3O/c1-18-16(20)14-9-8-13(17)11-15(14)19-10-4-7-12-5-2-3-6-12/h8-9,11-12,19H,2-7,10,17H2,1H3,(H,18,20). The molecule has 4 nitrogen and oxygen atoms in total. The molecule has 0 aromatic heterocycles. The Kier molecular flexibility index (Phi) is 5.27. The molecule has 0 radical (unpaired) electrons. The van der Waals surface area contributed by atoms with Crippen molar-refractivity contribution in [2.75, 3.05) is 24.6 Å². The van der Waals surface area contributed by atoms with Gasteiger partial charge in [0.2, 0.25) is 0 Å². The first-order chi connectivity index (χ1) is 9.70. The number of nitrogen functional groups attached to an aromatic ring is 1. The molecule has 1 amide bonds. The van der Waals surface area contributed by atoms with Crippen LogP contribution in [0.2, 0.25) is 0 Å². The van der Waals surface area contributed by atoms with Crippen LogP contribution in [0.25, 0.3) is 0 Å². The second-order valence-corrected chi connectivity index (χ2v) is 5.60. The molecule has 1 saturated carbocycles. The Labute approximate surface area is 121 Å². The fourth-order valence-corrected chi connectivity index (χ4v) is 2.95. The average Bonchev–Trinajstić information content (AvgIpc) is 2.96. The molecule has 110 valence electrons. The van der Waals surface area contributed by atoms with Crippen LogP contribution in [-0.4, -0.2) is 19.5 Å². The summed E-state index contributed by atoms with van der Waals surface area (Å²) in [6.45, 7) is 0.893. The molecule has 0 bridgehead atoms. The summed E-state index contributed by atoms with van der Waals surface area (Å²) in [5.41, 5.74) is 7.96. The Bertz CT molecular complexity index is 453. The quantitative estimate of drug-likeness (QED) is 0.552. The van der Waals surface area contributed by atoms with Crippen LogP contribution < -0.4 is 16.4 Å². The third-order valence-electron chi connectivity index (χ3n) is 4.09. The van der Waals surface area contributed by atoms with E-state index < -0.39 is 0 Å². The summed E-state index contributed by atoms with van der Waals surface area (Å²) in [7, 11) is 1.64. The molecule has 1 aliphatic carbocycles. The van der Waals surface area contributed by atoms with Gasteiger partial charge in [-0.1, -0.05) is 25.7 Å². The van der Waals surface area contributed by atoms with Crippen LogP contribution in [0.1, 0.15) is 48.9 Å². The molecule has 2 rings (SSSR count). The molecular weight excluding hydrogens is 250 g/mol. The zero-order valence-electron chi connectivity index (χ0n) is 12.2. The number of hydrogen-bond acceptors (Lipinski definition) is 3. The summed E-state index contributed by atoms with van der Waals surface area (Å²) in [5, 5.41) is 6.01. The first-order valence-electron chi connectivity index (χ1n) is 7.56. The minimum atomic E-state index is -0.0803. The first kappa shape index (κ1) is 14.7. The lowest BCUT2D eigenvalue weighted by Gasteiger charge is -2.13. The molecule has 1 fully saturated rings. The van der Waals surface area contributed by atoms with Crippen molar-refractivity contribution in [2.45, 2.75) is 38.5 Å². The van der Waals surface area contributed by atoms with E-state index in [4.69, 9.17) is 5.73 Å². The van der Waals surface area contributed by atoms with Crippen LogP contribution in [0.3, 0.4) is 0 Å². The molecule has 4 heteroatoms. The van der Waals surface area contributed by atoms with Gasteiger partial charge in [0, 0.05) is 25.0 Å². The summed E-state index contributed by atoms with van der Waals surface area (Å²) in [6, 6.07) is 5.36. The van der Waals surface area contributed by atoms with Crippen LogP contribution in [0.15, 0.2) is 18.2 Å². The molecule has 1 aliphatic rings. The summed E-state index contributed by atoms with van der Waals surface area (Å²) in [6.07, 6.45) is 8.00. The second kappa shape index (κ2) is 7.17. The first-order valence-corrected chi connectivity index (χ1v) is 7.56. The highest BCUT2D eigenvalue weighted by molar-refractivity contribution is 6.00. The number of anilines is 2. The van der Waals surface area contributed by atoms with E-state index in [1.165, 1.54) is 32.1 Å². The van der Waals surface area contributed by atoms with Gasteiger partial charge in [-0.2, -0.15) is 0 Å². The molecule has 0 atom stereocenters. The molecule has 0 heterocycles. The van der Waals surface area contributed by atoms with E-state index in [-0.39, 0.29) is 5.91 Å². The van der Waals surface area contributed by atoms with Gasteiger partial charge in [-0.3, -0.25) is 4.79 Å². The van der Waals surface area contributed by atoms with Crippen molar-refractivity contribution >= 4 is 17.3 Å². The lowest BCUT2D eigenvalue weighted by Crippen LogP contribution is -2.20. The maximum absolute atomic E-state index is 11.8. The monoisotopic (exact) mass is 275 g/mol. The van der Waals surface area contributed by atoms with Crippen molar-refractivity contribution in [1.29, 1.82) is 0 Å². The van der Waals surface area contributed by atoms with Gasteiger partial charge in [0.05, 0.1) is 5.56 Å². The van der Waals surface area contributed by atoms with Crippen LogP contribution in [0, 0.1) is 5.92 Å². The normalized spacial score (nSPS) is 15.2. The van der Waals surface area contributed by atoms with Crippen LogP contribution in [0.5, 0.6) is 0 Å². The van der Waals surface area contributed by atoms with E-state index in [0.29, 0.717) is 11.3 Å². The van der Waals surface area contributed by atoms with E-state index in [1.807, 2.05) is 6.07 Å². The number of carbonyl (C=O) groups is 1. The molecule has 0 aliphatic heterocycles. The maximum Gasteiger partial charge on any atom is 0.253 e. The minimum absolute atomic E-state index is 0.0803. The van der Waals surface area contributed by atoms with Gasteiger partial charge in [-0.05, 0) is 37.0 Å². The van der Waals surface area contributed by atoms with E-state index in [1.54, 1.807) is 19.2 Å². The molecule has 0 spiro atoms. The number of nitrogens with one attached hydrogen (secondary N) is 2. The Morgan fingerprint density at radius 2 is 2.10 bits per heavy atom. The third kappa shape index (κ3) is 3.89. The van der Waals surface area contributed by atoms with Crippen LogP contribution in [0.4, 0.5) is 11.4 Å². The second-order valence-electron chi connectivity index (χ2n) is 5.60. The van der Waals surface area contributed by atoms with Gasteiger partial charge in [0.1, 0.15) is 0 Å². The predicted octanol–water partition coefficient (Wildman–Crippen LogP) is 3.01. The van der Waals surface area contributed by atoms with Gasteiger partial charge in [-0.15, -0.1) is 0 Å². The van der Waals surface area contributed by atoms with Gasteiger partial charge in [-0.25, -0.2) is 0 Å². The lowest BCUT2D eigenvalue weighted by atomic mass is 10.0. The highest BCUT2D eigenvalue weighted by Crippen LogP contribution is 2.28. The molecular formula is C16H25N3O. The molecule has 0 saturated heterocycles. The molecule has 0 unspecified atom stereocenters. The lowest BCUT2D eigenvalue weighted by molar-refractivity contribution is 0.0964. The Hall–Kier alpha value is -1.71. The van der Waals surface area contributed by atoms with E-state index in [0.717, 1.165) is 24.6 Å². The van der Waals surface area contributed by atoms with Crippen LogP contribution in [-0.2, 0) is 0 Å². The number of benzene rings is 1. The Morgan fingerprint density at radius 3 is 2.80 bits per heavy atom. The van der Waals surface area contributed by atoms with E-state index in [2.05, 4.69) is 10.6 Å². The highest BCUT2D eigenvalue weighted by atomic mass is 16.1. The predicted molar refractivity (Wildman–Crippen MR) is 83.9 cm³/mol. The number of amides is 1. The molecule has 1 aromatic rings. The smallest absolute Gasteiger partial charge is 0.253 e. The van der Waals surface area contributed by atoms with Crippen molar-refractivity contribution in [3.8, 4) is 0 Å². The van der Waals surface area contributed by atoms with Crippen molar-refractivity contribution in [3.63, 3.8) is 0 Å². The summed E-state index contributed by atoms with van der Waals surface area (Å²) >= 11 is 0. The van der Waals surface area contributed by atoms with Crippen molar-refractivity contribution in [1.82, 2.24) is 5.32 Å². The average molecular weight is 275 g/mol. The zero-order valence-corrected chi connectivity index (χ0v) is 12.2. The highest BCUT2D eigenvalue weighted by Gasteiger charge is 2.14. The fourth-order valence-electron chi connectivity index (χ4n) is 2.95. The third-order valence-corrected chi connectivity index (χ3v) is 4.09. The number of rotatable bonds is 6. The number of nitrogens with two attached hydrogens (primary N) is 1. The van der Waals surface area contributed by atoms with E-state index >= 15 is 0 Å². The molecule has 1 aromatic carbocycles. The zero-order chi connectivity index (χ0) is 14.4. The Morgan fingerprint density at radius 1 is 1.35 bits per heavy atom. The molecule has 4 N–H and O–H groups in total. The van der Waals surface area contributed by atoms with Gasteiger partial charge in [0.25, 0.3) is 5.91 Å². The summed E-state index contributed by atoms with van der Waals surface area (Å²) in [4.78, 5) is 11.8. The van der Waals surface area contributed by atoms with Gasteiger partial charge >= 0.3 is 0 Å². The Balaban J connectivity index is 1.87. The summed E-state index contributed by atoms with van der Waals surface area (Å²) in [5.74, 6) is 0.833. The fraction of sp³-hybridized carbons (Fsp3) is 0.562. The van der Waals surface area contributed by atoms with Crippen molar-refractivity contribution in [2.24, 2.45) is 5.92 Å². The van der Waals surface area contributed by atoms with Gasteiger partial charge < -0.3 is 16.4 Å². The van der Waals surface area contributed by atoms with E-state index in [9.17, 15) is 4.79 Å². The number of hydrogen-bond donors (Lipinski definition) is 3. The summed E-state index contributed by atoms with van der Waals surface area (Å²) < 4.78 is 0. The minimum Gasteiger partial charge on any atom is -0.399 e. The van der Waals surface area contributed by atoms with Crippen molar-refractivity contribution in [3.05, 3.63) is 23.8 Å². The number of carbonyl (C=O) groups excluding carboxylic acids is 1. The molecule has 20 heavy (non-hydrogen) atoms. The largest absolute Gasteiger partial charge is 0.399 e. The van der Waals surface area contributed by atoms with Gasteiger partial charge in [0.15, 0.2) is 0 Å². The maximum atomic E-state index is 11.8. The van der Waals surface area contributed by atoms with Crippen molar-refractivity contribution < 1.29 is 4.79 Å². The van der Waals surface area contributed by atoms with Crippen LogP contribution >= 0.6 is 0 Å². The SMILES string of the molecule is CNC(=O)c1ccc(N)cc1NCCCC1CCCC1.